The van der Waals surface area contributed by atoms with Gasteiger partial charge in [-0.25, -0.2) is 0 Å². The lowest BCUT2D eigenvalue weighted by atomic mass is 10.0. The minimum atomic E-state index is 0.141. The third kappa shape index (κ3) is 4.48. The van der Waals surface area contributed by atoms with E-state index in [-0.39, 0.29) is 5.91 Å². The van der Waals surface area contributed by atoms with E-state index in [1.165, 1.54) is 0 Å². The van der Waals surface area contributed by atoms with Gasteiger partial charge in [0, 0.05) is 25.3 Å². The lowest BCUT2D eigenvalue weighted by molar-refractivity contribution is 0.0641. The molecule has 0 spiro atoms. The Labute approximate surface area is 129 Å². The number of carbonyl (C=O) groups is 1. The summed E-state index contributed by atoms with van der Waals surface area (Å²) in [7, 11) is 1.87. The average Bonchev–Trinajstić information content (AvgIpc) is 2.46. The maximum absolute atomic E-state index is 13.0. The molecule has 3 nitrogen and oxygen atoms in total. The van der Waals surface area contributed by atoms with Crippen LogP contribution in [0.25, 0.3) is 0 Å². The zero-order valence-electron chi connectivity index (χ0n) is 14.4. The molecule has 0 saturated heterocycles. The van der Waals surface area contributed by atoms with Crippen LogP contribution in [0.3, 0.4) is 0 Å². The van der Waals surface area contributed by atoms with Gasteiger partial charge in [0.2, 0.25) is 0 Å². The summed E-state index contributed by atoms with van der Waals surface area (Å²) in [4.78, 5) is 15.1. The van der Waals surface area contributed by atoms with E-state index in [0.717, 1.165) is 36.2 Å². The number of anilines is 1. The van der Waals surface area contributed by atoms with E-state index in [9.17, 15) is 4.79 Å². The van der Waals surface area contributed by atoms with Crippen LogP contribution in [0.2, 0.25) is 0 Å². The highest BCUT2D eigenvalue weighted by Gasteiger charge is 2.24. The zero-order valence-corrected chi connectivity index (χ0v) is 14.4. The van der Waals surface area contributed by atoms with E-state index in [1.807, 2.05) is 32.2 Å². The maximum atomic E-state index is 13.0. The summed E-state index contributed by atoms with van der Waals surface area (Å²) in [6, 6.07) is 6.30. The number of rotatable bonds is 7. The molecule has 0 aliphatic rings. The number of nitrogens with zero attached hydrogens (tertiary/aromatic N) is 1. The van der Waals surface area contributed by atoms with Crippen molar-refractivity contribution in [1.29, 1.82) is 0 Å². The van der Waals surface area contributed by atoms with Crippen molar-refractivity contribution in [1.82, 2.24) is 4.90 Å². The molecule has 0 fully saturated rings. The van der Waals surface area contributed by atoms with Crippen LogP contribution in [0.1, 0.15) is 56.5 Å². The molecule has 1 amide bonds. The molecular formula is C18H30N2O. The average molecular weight is 290 g/mol. The molecule has 1 aromatic rings. The van der Waals surface area contributed by atoms with Crippen molar-refractivity contribution >= 4 is 11.6 Å². The third-order valence-corrected chi connectivity index (χ3v) is 3.88. The molecule has 118 valence electrons. The maximum Gasteiger partial charge on any atom is 0.256 e. The van der Waals surface area contributed by atoms with Crippen molar-refractivity contribution in [2.45, 2.75) is 53.5 Å². The van der Waals surface area contributed by atoms with Crippen molar-refractivity contribution in [3.8, 4) is 0 Å². The molecule has 1 rings (SSSR count). The van der Waals surface area contributed by atoms with Crippen molar-refractivity contribution in [3.63, 3.8) is 0 Å². The summed E-state index contributed by atoms with van der Waals surface area (Å²) in [5, 5.41) is 3.15. The fourth-order valence-corrected chi connectivity index (χ4v) is 2.73. The highest BCUT2D eigenvalue weighted by Crippen LogP contribution is 2.22. The van der Waals surface area contributed by atoms with Gasteiger partial charge in [-0.05, 0) is 43.4 Å². The molecule has 0 unspecified atom stereocenters. The molecule has 0 aliphatic carbocycles. The first-order valence-corrected chi connectivity index (χ1v) is 8.03. The second-order valence-corrected chi connectivity index (χ2v) is 6.12. The standard InChI is InChI=1S/C18H30N2O/c1-7-15(8-2)20(12-13(3)4)18(21)16-10-9-14(5)11-17(16)19-6/h9-11,13,15,19H,7-8,12H2,1-6H3. The molecule has 1 aromatic carbocycles. The fourth-order valence-electron chi connectivity index (χ4n) is 2.73. The molecule has 1 N–H and O–H groups in total. The highest BCUT2D eigenvalue weighted by molar-refractivity contribution is 6.00. The molecule has 3 heteroatoms. The smallest absolute Gasteiger partial charge is 0.256 e. The van der Waals surface area contributed by atoms with E-state index in [1.54, 1.807) is 0 Å². The Morgan fingerprint density at radius 1 is 1.24 bits per heavy atom. The summed E-state index contributed by atoms with van der Waals surface area (Å²) in [5.74, 6) is 0.611. The molecule has 0 radical (unpaired) electrons. The molecule has 21 heavy (non-hydrogen) atoms. The highest BCUT2D eigenvalue weighted by atomic mass is 16.2. The molecule has 0 bridgehead atoms. The largest absolute Gasteiger partial charge is 0.387 e. The number of hydrogen-bond acceptors (Lipinski definition) is 2. The van der Waals surface area contributed by atoms with Crippen molar-refractivity contribution in [2.24, 2.45) is 5.92 Å². The van der Waals surface area contributed by atoms with Gasteiger partial charge in [-0.2, -0.15) is 0 Å². The van der Waals surface area contributed by atoms with Crippen LogP contribution in [0, 0.1) is 12.8 Å². The molecular weight excluding hydrogens is 260 g/mol. The zero-order chi connectivity index (χ0) is 16.0. The Morgan fingerprint density at radius 2 is 1.86 bits per heavy atom. The number of benzene rings is 1. The number of carbonyl (C=O) groups excluding carboxylic acids is 1. The van der Waals surface area contributed by atoms with Crippen molar-refractivity contribution in [3.05, 3.63) is 29.3 Å². The summed E-state index contributed by atoms with van der Waals surface area (Å²) in [6.45, 7) is 11.5. The number of nitrogens with one attached hydrogen (secondary N) is 1. The van der Waals surface area contributed by atoms with Crippen LogP contribution in [-0.2, 0) is 0 Å². The Kier molecular flexibility index (Phi) is 6.73. The second kappa shape index (κ2) is 8.06. The fraction of sp³-hybridized carbons (Fsp3) is 0.611. The van der Waals surface area contributed by atoms with E-state index in [2.05, 4.69) is 37.9 Å². The molecule has 0 heterocycles. The van der Waals surface area contributed by atoms with Gasteiger partial charge in [-0.3, -0.25) is 4.79 Å². The summed E-state index contributed by atoms with van der Waals surface area (Å²) < 4.78 is 0. The Bertz CT molecular complexity index is 464. The van der Waals surface area contributed by atoms with Crippen molar-refractivity contribution < 1.29 is 4.79 Å². The van der Waals surface area contributed by atoms with Gasteiger partial charge in [-0.1, -0.05) is 33.8 Å². The van der Waals surface area contributed by atoms with E-state index < -0.39 is 0 Å². The molecule has 0 aromatic heterocycles. The lowest BCUT2D eigenvalue weighted by Gasteiger charge is -2.32. The van der Waals surface area contributed by atoms with Gasteiger partial charge in [0.1, 0.15) is 0 Å². The molecule has 0 aliphatic heterocycles. The number of hydrogen-bond donors (Lipinski definition) is 1. The van der Waals surface area contributed by atoms with Gasteiger partial charge in [0.05, 0.1) is 5.56 Å². The van der Waals surface area contributed by atoms with Crippen LogP contribution in [0.15, 0.2) is 18.2 Å². The van der Waals surface area contributed by atoms with Crippen LogP contribution < -0.4 is 5.32 Å². The number of aryl methyl sites for hydroxylation is 1. The van der Waals surface area contributed by atoms with Crippen LogP contribution in [-0.4, -0.2) is 30.4 Å². The predicted molar refractivity (Wildman–Crippen MR) is 91.0 cm³/mol. The van der Waals surface area contributed by atoms with E-state index >= 15 is 0 Å². The first kappa shape index (κ1) is 17.5. The quantitative estimate of drug-likeness (QED) is 0.811. The molecule has 0 atom stereocenters. The predicted octanol–water partition coefficient (Wildman–Crippen LogP) is 4.32. The summed E-state index contributed by atoms with van der Waals surface area (Å²) >= 11 is 0. The lowest BCUT2D eigenvalue weighted by Crippen LogP contribution is -2.42. The first-order valence-electron chi connectivity index (χ1n) is 8.03. The Hall–Kier alpha value is -1.51. The monoisotopic (exact) mass is 290 g/mol. The Morgan fingerprint density at radius 3 is 2.33 bits per heavy atom. The van der Waals surface area contributed by atoms with Crippen LogP contribution >= 0.6 is 0 Å². The van der Waals surface area contributed by atoms with Gasteiger partial charge < -0.3 is 10.2 Å². The summed E-state index contributed by atoms with van der Waals surface area (Å²) in [6.07, 6.45) is 1.99. The van der Waals surface area contributed by atoms with Crippen LogP contribution in [0.5, 0.6) is 0 Å². The van der Waals surface area contributed by atoms with E-state index in [4.69, 9.17) is 0 Å². The van der Waals surface area contributed by atoms with Gasteiger partial charge >= 0.3 is 0 Å². The first-order chi connectivity index (χ1) is 9.94. The van der Waals surface area contributed by atoms with Crippen molar-refractivity contribution in [2.75, 3.05) is 18.9 Å². The SMILES string of the molecule is CCC(CC)N(CC(C)C)C(=O)c1ccc(C)cc1NC. The molecule has 0 saturated carbocycles. The van der Waals surface area contributed by atoms with E-state index in [0.29, 0.717) is 12.0 Å². The topological polar surface area (TPSA) is 32.3 Å². The normalized spacial score (nSPS) is 11.0. The van der Waals surface area contributed by atoms with Gasteiger partial charge in [0.25, 0.3) is 5.91 Å². The minimum Gasteiger partial charge on any atom is -0.387 e. The second-order valence-electron chi connectivity index (χ2n) is 6.12. The Balaban J connectivity index is 3.15. The third-order valence-electron chi connectivity index (χ3n) is 3.88. The van der Waals surface area contributed by atoms with Crippen LogP contribution in [0.4, 0.5) is 5.69 Å². The minimum absolute atomic E-state index is 0.141. The number of amides is 1. The van der Waals surface area contributed by atoms with Gasteiger partial charge in [-0.15, -0.1) is 0 Å². The summed E-state index contributed by atoms with van der Waals surface area (Å²) in [5.41, 5.74) is 2.85. The van der Waals surface area contributed by atoms with Gasteiger partial charge in [0.15, 0.2) is 0 Å².